The second-order valence-corrected chi connectivity index (χ2v) is 5.98. The van der Waals surface area contributed by atoms with Crippen LogP contribution in [0.25, 0.3) is 0 Å². The van der Waals surface area contributed by atoms with Gasteiger partial charge >= 0.3 is 5.97 Å². The summed E-state index contributed by atoms with van der Waals surface area (Å²) in [6, 6.07) is 17.6. The first-order valence-corrected chi connectivity index (χ1v) is 8.82. The van der Waals surface area contributed by atoms with E-state index < -0.39 is 12.1 Å². The van der Waals surface area contributed by atoms with Gasteiger partial charge in [0.25, 0.3) is 5.91 Å². The minimum atomic E-state index is -0.836. The molecule has 0 fully saturated rings. The molecule has 1 amide bonds. The van der Waals surface area contributed by atoms with Crippen LogP contribution in [-0.2, 0) is 20.7 Å². The van der Waals surface area contributed by atoms with E-state index in [1.807, 2.05) is 61.5 Å². The second-order valence-electron chi connectivity index (χ2n) is 5.98. The molecular formula is C21H25NO4. The molecule has 0 aromatic heterocycles. The third kappa shape index (κ3) is 6.24. The summed E-state index contributed by atoms with van der Waals surface area (Å²) in [5.74, 6) is -0.236. The van der Waals surface area contributed by atoms with Gasteiger partial charge in [0.05, 0.1) is 0 Å². The fourth-order valence-corrected chi connectivity index (χ4v) is 2.42. The highest BCUT2D eigenvalue weighted by molar-refractivity contribution is 5.83. The monoisotopic (exact) mass is 355 g/mol. The number of hydrogen-bond donors (Lipinski definition) is 1. The van der Waals surface area contributed by atoms with Gasteiger partial charge < -0.3 is 14.8 Å². The zero-order chi connectivity index (χ0) is 18.8. The molecule has 0 saturated carbocycles. The zero-order valence-electron chi connectivity index (χ0n) is 15.2. The Bertz CT molecular complexity index is 715. The van der Waals surface area contributed by atoms with Crippen LogP contribution in [-0.4, -0.2) is 31.1 Å². The van der Waals surface area contributed by atoms with Gasteiger partial charge in [-0.2, -0.15) is 0 Å². The van der Waals surface area contributed by atoms with E-state index in [1.165, 1.54) is 0 Å². The van der Waals surface area contributed by atoms with Crippen LogP contribution < -0.4 is 10.1 Å². The number of carbonyl (C=O) groups excluding carboxylic acids is 2. The Balaban J connectivity index is 1.89. The summed E-state index contributed by atoms with van der Waals surface area (Å²) in [5, 5.41) is 2.69. The van der Waals surface area contributed by atoms with Crippen molar-refractivity contribution >= 4 is 11.9 Å². The van der Waals surface area contributed by atoms with Gasteiger partial charge in [-0.1, -0.05) is 55.5 Å². The summed E-state index contributed by atoms with van der Waals surface area (Å²) >= 11 is 0. The predicted octanol–water partition coefficient (Wildman–Crippen LogP) is 3.11. The molecule has 5 nitrogen and oxygen atoms in total. The van der Waals surface area contributed by atoms with Crippen LogP contribution in [0.15, 0.2) is 54.6 Å². The minimum absolute atomic E-state index is 0.239. The SMILES string of the molecule is CCCNC(=O)C(C)OC(=O)COc1ccccc1Cc1ccccc1. The molecule has 2 rings (SSSR count). The van der Waals surface area contributed by atoms with E-state index in [4.69, 9.17) is 9.47 Å². The number of hydrogen-bond acceptors (Lipinski definition) is 4. The molecule has 2 aromatic carbocycles. The molecule has 1 unspecified atom stereocenters. The summed E-state index contributed by atoms with van der Waals surface area (Å²) < 4.78 is 10.7. The highest BCUT2D eigenvalue weighted by atomic mass is 16.6. The number of amides is 1. The number of benzene rings is 2. The third-order valence-corrected chi connectivity index (χ3v) is 3.78. The van der Waals surface area contributed by atoms with Crippen LogP contribution in [0.2, 0.25) is 0 Å². The Hall–Kier alpha value is -2.82. The van der Waals surface area contributed by atoms with E-state index in [9.17, 15) is 9.59 Å². The maximum atomic E-state index is 11.9. The molecule has 0 aliphatic heterocycles. The maximum Gasteiger partial charge on any atom is 0.344 e. The van der Waals surface area contributed by atoms with Gasteiger partial charge in [-0.05, 0) is 30.5 Å². The summed E-state index contributed by atoms with van der Waals surface area (Å²) in [4.78, 5) is 23.7. The number of para-hydroxylation sites is 1. The average molecular weight is 355 g/mol. The smallest absolute Gasteiger partial charge is 0.344 e. The second kappa shape index (κ2) is 10.2. The topological polar surface area (TPSA) is 64.6 Å². The molecule has 5 heteroatoms. The standard InChI is InChI=1S/C21H25NO4/c1-3-13-22-21(24)16(2)26-20(23)15-25-19-12-8-7-11-18(19)14-17-9-5-4-6-10-17/h4-12,16H,3,13-15H2,1-2H3,(H,22,24). The van der Waals surface area contributed by atoms with E-state index in [0.717, 1.165) is 17.5 Å². The van der Waals surface area contributed by atoms with E-state index in [0.29, 0.717) is 18.7 Å². The molecule has 0 radical (unpaired) electrons. The van der Waals surface area contributed by atoms with Gasteiger partial charge in [-0.15, -0.1) is 0 Å². The van der Waals surface area contributed by atoms with Gasteiger partial charge in [-0.25, -0.2) is 4.79 Å². The lowest BCUT2D eigenvalue weighted by Gasteiger charge is -2.14. The molecule has 0 bridgehead atoms. The first kappa shape index (κ1) is 19.5. The lowest BCUT2D eigenvalue weighted by atomic mass is 10.0. The van der Waals surface area contributed by atoms with E-state index >= 15 is 0 Å². The molecular weight excluding hydrogens is 330 g/mol. The van der Waals surface area contributed by atoms with Crippen molar-refractivity contribution in [1.82, 2.24) is 5.32 Å². The van der Waals surface area contributed by atoms with Crippen LogP contribution in [0, 0.1) is 0 Å². The molecule has 1 N–H and O–H groups in total. The maximum absolute atomic E-state index is 11.9. The van der Waals surface area contributed by atoms with Gasteiger partial charge in [0.2, 0.25) is 0 Å². The average Bonchev–Trinajstić information content (AvgIpc) is 2.66. The lowest BCUT2D eigenvalue weighted by Crippen LogP contribution is -2.37. The van der Waals surface area contributed by atoms with Gasteiger partial charge in [0.15, 0.2) is 12.7 Å². The number of ether oxygens (including phenoxy) is 2. The number of carbonyl (C=O) groups is 2. The van der Waals surface area contributed by atoms with Crippen molar-refractivity contribution in [1.29, 1.82) is 0 Å². The summed E-state index contributed by atoms with van der Waals surface area (Å²) in [5.41, 5.74) is 2.15. The Morgan fingerprint density at radius 1 is 1.04 bits per heavy atom. The largest absolute Gasteiger partial charge is 0.482 e. The van der Waals surface area contributed by atoms with Crippen molar-refractivity contribution in [2.24, 2.45) is 0 Å². The molecule has 2 aromatic rings. The van der Waals surface area contributed by atoms with Gasteiger partial charge in [0, 0.05) is 13.0 Å². The molecule has 0 spiro atoms. The van der Waals surface area contributed by atoms with Crippen molar-refractivity contribution < 1.29 is 19.1 Å². The van der Waals surface area contributed by atoms with Crippen LogP contribution in [0.4, 0.5) is 0 Å². The van der Waals surface area contributed by atoms with E-state index in [-0.39, 0.29) is 12.5 Å². The fraction of sp³-hybridized carbons (Fsp3) is 0.333. The van der Waals surface area contributed by atoms with Crippen molar-refractivity contribution in [2.45, 2.75) is 32.8 Å². The van der Waals surface area contributed by atoms with Crippen molar-refractivity contribution in [2.75, 3.05) is 13.2 Å². The van der Waals surface area contributed by atoms with Crippen molar-refractivity contribution in [3.8, 4) is 5.75 Å². The Morgan fingerprint density at radius 3 is 2.46 bits per heavy atom. The molecule has 26 heavy (non-hydrogen) atoms. The van der Waals surface area contributed by atoms with Gasteiger partial charge in [-0.3, -0.25) is 4.79 Å². The highest BCUT2D eigenvalue weighted by Crippen LogP contribution is 2.21. The zero-order valence-corrected chi connectivity index (χ0v) is 15.2. The van der Waals surface area contributed by atoms with Crippen LogP contribution in [0.1, 0.15) is 31.4 Å². The lowest BCUT2D eigenvalue weighted by molar-refractivity contribution is -0.156. The Kier molecular flexibility index (Phi) is 7.68. The molecule has 138 valence electrons. The Morgan fingerprint density at radius 2 is 1.73 bits per heavy atom. The molecule has 0 saturated heterocycles. The Labute approximate surface area is 154 Å². The molecule has 0 heterocycles. The number of esters is 1. The molecule has 0 aliphatic rings. The van der Waals surface area contributed by atoms with E-state index in [2.05, 4.69) is 5.32 Å². The number of rotatable bonds is 9. The quantitative estimate of drug-likeness (QED) is 0.702. The third-order valence-electron chi connectivity index (χ3n) is 3.78. The summed E-state index contributed by atoms with van der Waals surface area (Å²) in [7, 11) is 0. The van der Waals surface area contributed by atoms with Crippen molar-refractivity contribution in [3.63, 3.8) is 0 Å². The fourth-order valence-electron chi connectivity index (χ4n) is 2.42. The summed E-state index contributed by atoms with van der Waals surface area (Å²) in [6.45, 7) is 3.82. The van der Waals surface area contributed by atoms with Crippen LogP contribution in [0.5, 0.6) is 5.75 Å². The molecule has 0 aliphatic carbocycles. The minimum Gasteiger partial charge on any atom is -0.482 e. The van der Waals surface area contributed by atoms with Crippen LogP contribution >= 0.6 is 0 Å². The van der Waals surface area contributed by atoms with Crippen LogP contribution in [0.3, 0.4) is 0 Å². The summed E-state index contributed by atoms with van der Waals surface area (Å²) in [6.07, 6.45) is 0.701. The first-order valence-electron chi connectivity index (χ1n) is 8.82. The first-order chi connectivity index (χ1) is 12.6. The van der Waals surface area contributed by atoms with E-state index in [1.54, 1.807) is 6.92 Å². The molecule has 1 atom stereocenters. The number of nitrogens with one attached hydrogen (secondary N) is 1. The van der Waals surface area contributed by atoms with Crippen molar-refractivity contribution in [3.05, 3.63) is 65.7 Å². The highest BCUT2D eigenvalue weighted by Gasteiger charge is 2.17. The predicted molar refractivity (Wildman–Crippen MR) is 100 cm³/mol. The van der Waals surface area contributed by atoms with Gasteiger partial charge in [0.1, 0.15) is 5.75 Å². The normalized spacial score (nSPS) is 11.5.